The fourth-order valence-corrected chi connectivity index (χ4v) is 9.34. The maximum atomic E-state index is 7.06. The molecule has 0 radical (unpaired) electrons. The molecule has 0 amide bonds. The van der Waals surface area contributed by atoms with Crippen LogP contribution in [0.4, 0.5) is 17.1 Å². The zero-order valence-corrected chi connectivity index (χ0v) is 29.2. The number of para-hydroxylation sites is 2. The van der Waals surface area contributed by atoms with Crippen molar-refractivity contribution in [3.8, 4) is 50.9 Å². The van der Waals surface area contributed by atoms with Crippen molar-refractivity contribution in [3.63, 3.8) is 0 Å². The highest BCUT2D eigenvalue weighted by Gasteiger charge is 2.37. The van der Waals surface area contributed by atoms with Gasteiger partial charge in [0.25, 0.3) is 0 Å². The van der Waals surface area contributed by atoms with Crippen LogP contribution in [0.5, 0.6) is 23.0 Å². The Morgan fingerprint density at radius 2 is 1.17 bits per heavy atom. The molecular weight excluding hydrogens is 649 g/mol. The van der Waals surface area contributed by atoms with E-state index >= 15 is 0 Å². The van der Waals surface area contributed by atoms with Gasteiger partial charge in [0.2, 0.25) is 0 Å². The predicted molar refractivity (Wildman–Crippen MR) is 216 cm³/mol. The summed E-state index contributed by atoms with van der Waals surface area (Å²) in [5.41, 5.74) is 13.7. The molecule has 3 aliphatic rings. The Morgan fingerprint density at radius 1 is 0.491 bits per heavy atom. The molecule has 0 bridgehead atoms. The minimum absolute atomic E-state index is 0.0898. The average molecular weight is 681 g/mol. The second-order valence-electron chi connectivity index (χ2n) is 14.9. The summed E-state index contributed by atoms with van der Waals surface area (Å²) in [7, 11) is 0. The molecule has 8 aromatic carbocycles. The molecule has 12 rings (SSSR count). The number of fused-ring (bicyclic) bond motifs is 5. The summed E-state index contributed by atoms with van der Waals surface area (Å²) < 4.78 is 15.9. The third-order valence-electron chi connectivity index (χ3n) is 11.7. The van der Waals surface area contributed by atoms with Crippen LogP contribution in [0.1, 0.15) is 25.0 Å². The molecule has 0 spiro atoms. The summed E-state index contributed by atoms with van der Waals surface area (Å²) >= 11 is 0. The summed E-state index contributed by atoms with van der Waals surface area (Å²) in [5.74, 6) is 3.27. The largest absolute Gasteiger partial charge is 0.453 e. The molecule has 0 unspecified atom stereocenters. The first-order valence-electron chi connectivity index (χ1n) is 18.3. The minimum Gasteiger partial charge on any atom is -0.453 e. The summed E-state index contributed by atoms with van der Waals surface area (Å²) in [6.45, 7) is 4.67. The van der Waals surface area contributed by atoms with E-state index in [0.29, 0.717) is 0 Å². The van der Waals surface area contributed by atoms with Crippen molar-refractivity contribution >= 4 is 49.6 Å². The molecule has 2 aliphatic heterocycles. The fourth-order valence-electron chi connectivity index (χ4n) is 9.34. The van der Waals surface area contributed by atoms with Crippen molar-refractivity contribution in [1.29, 1.82) is 0 Å². The lowest BCUT2D eigenvalue weighted by Gasteiger charge is -2.32. The first kappa shape index (κ1) is 28.9. The van der Waals surface area contributed by atoms with E-state index in [1.165, 1.54) is 38.6 Å². The Kier molecular flexibility index (Phi) is 5.54. The zero-order chi connectivity index (χ0) is 35.0. The van der Waals surface area contributed by atoms with E-state index in [9.17, 15) is 0 Å². The molecule has 0 fully saturated rings. The third kappa shape index (κ3) is 3.79. The Hall–Kier alpha value is -6.78. The van der Waals surface area contributed by atoms with E-state index in [1.54, 1.807) is 0 Å². The molecule has 1 aliphatic carbocycles. The van der Waals surface area contributed by atoms with E-state index < -0.39 is 0 Å². The van der Waals surface area contributed by atoms with Crippen LogP contribution in [0.25, 0.3) is 60.5 Å². The first-order valence-corrected chi connectivity index (χ1v) is 18.3. The smallest absolute Gasteiger partial charge is 0.176 e. The van der Waals surface area contributed by atoms with Gasteiger partial charge < -0.3 is 14.4 Å². The van der Waals surface area contributed by atoms with Gasteiger partial charge in [-0.15, -0.1) is 0 Å². The van der Waals surface area contributed by atoms with Gasteiger partial charge in [0.15, 0.2) is 23.0 Å². The molecule has 1 aromatic heterocycles. The first-order chi connectivity index (χ1) is 26.0. The monoisotopic (exact) mass is 680 g/mol. The SMILES string of the molecule is CC1(C)c2ccccc2-c2cc(N(c3cccc(-c4cccc5ccccc45)c3)c3ccc4c5cccc6c5n5c4c3Oc3cccc(c3-5)O6)ccc21. The molecule has 0 saturated heterocycles. The van der Waals surface area contributed by atoms with E-state index in [4.69, 9.17) is 9.47 Å². The fraction of sp³-hybridized carbons (Fsp3) is 0.0612. The molecule has 0 atom stereocenters. The van der Waals surface area contributed by atoms with Crippen molar-refractivity contribution in [1.82, 2.24) is 4.57 Å². The molecule has 0 saturated carbocycles. The Morgan fingerprint density at radius 3 is 2.11 bits per heavy atom. The number of nitrogens with zero attached hydrogens (tertiary/aromatic N) is 2. The summed E-state index contributed by atoms with van der Waals surface area (Å²) in [6, 6.07) is 56.9. The molecular formula is C49H32N2O2. The quantitative estimate of drug-likeness (QED) is 0.185. The number of aromatic nitrogens is 1. The van der Waals surface area contributed by atoms with Crippen LogP contribution in [-0.2, 0) is 5.41 Å². The topological polar surface area (TPSA) is 26.6 Å². The van der Waals surface area contributed by atoms with Crippen LogP contribution in [0.2, 0.25) is 0 Å². The number of ether oxygens (including phenoxy) is 2. The second-order valence-corrected chi connectivity index (χ2v) is 14.9. The Labute approximate surface area is 306 Å². The lowest BCUT2D eigenvalue weighted by atomic mass is 9.82. The number of rotatable bonds is 4. The van der Waals surface area contributed by atoms with Gasteiger partial charge in [-0.05, 0) is 98.8 Å². The van der Waals surface area contributed by atoms with Gasteiger partial charge in [-0.25, -0.2) is 0 Å². The van der Waals surface area contributed by atoms with Crippen LogP contribution in [0.3, 0.4) is 0 Å². The van der Waals surface area contributed by atoms with Crippen LogP contribution in [0, 0.1) is 0 Å². The summed E-state index contributed by atoms with van der Waals surface area (Å²) in [6.07, 6.45) is 0. The van der Waals surface area contributed by atoms with E-state index in [-0.39, 0.29) is 5.41 Å². The highest BCUT2D eigenvalue weighted by molar-refractivity contribution is 6.16. The Balaban J connectivity index is 1.15. The van der Waals surface area contributed by atoms with Gasteiger partial charge in [-0.1, -0.05) is 117 Å². The lowest BCUT2D eigenvalue weighted by molar-refractivity contribution is 0.444. The third-order valence-corrected chi connectivity index (χ3v) is 11.7. The highest BCUT2D eigenvalue weighted by Crippen LogP contribution is 2.58. The lowest BCUT2D eigenvalue weighted by Crippen LogP contribution is -2.16. The minimum atomic E-state index is -0.0898. The van der Waals surface area contributed by atoms with Gasteiger partial charge in [-0.2, -0.15) is 0 Å². The zero-order valence-electron chi connectivity index (χ0n) is 29.2. The molecule has 53 heavy (non-hydrogen) atoms. The second kappa shape index (κ2) is 10.2. The highest BCUT2D eigenvalue weighted by atomic mass is 16.5. The van der Waals surface area contributed by atoms with Crippen molar-refractivity contribution < 1.29 is 9.47 Å². The number of hydrogen-bond donors (Lipinski definition) is 0. The number of hydrogen-bond acceptors (Lipinski definition) is 3. The van der Waals surface area contributed by atoms with Crippen LogP contribution >= 0.6 is 0 Å². The predicted octanol–water partition coefficient (Wildman–Crippen LogP) is 13.6. The average Bonchev–Trinajstić information content (AvgIpc) is 3.66. The maximum Gasteiger partial charge on any atom is 0.176 e. The van der Waals surface area contributed by atoms with E-state index in [0.717, 1.165) is 73.1 Å². The molecule has 3 heterocycles. The van der Waals surface area contributed by atoms with Gasteiger partial charge in [-0.3, -0.25) is 4.57 Å². The van der Waals surface area contributed by atoms with Gasteiger partial charge in [0, 0.05) is 27.6 Å². The standard InChI is InChI=1S/C49H32N2O2/c1-49(2)39-19-6-5-16-35(39)38-28-32(23-25-40(38)49)50(31-14-7-13-30(27-31)34-17-8-12-29-11-3-4-15-33(29)34)41-26-24-37-36-18-9-20-42-45(36)51-46(37)48(41)53-44-22-10-21-43(52-42)47(44)51/h3-28H,1-2H3. The van der Waals surface area contributed by atoms with Crippen LogP contribution < -0.4 is 14.4 Å². The van der Waals surface area contributed by atoms with Crippen LogP contribution in [0.15, 0.2) is 158 Å². The Bertz CT molecular complexity index is 3050. The molecule has 4 heteroatoms. The van der Waals surface area contributed by atoms with Gasteiger partial charge in [0.1, 0.15) is 5.69 Å². The van der Waals surface area contributed by atoms with Crippen LogP contribution in [-0.4, -0.2) is 4.57 Å². The van der Waals surface area contributed by atoms with Crippen molar-refractivity contribution in [2.24, 2.45) is 0 Å². The summed E-state index contributed by atoms with van der Waals surface area (Å²) in [4.78, 5) is 2.39. The maximum absolute atomic E-state index is 7.06. The van der Waals surface area contributed by atoms with Gasteiger partial charge >= 0.3 is 0 Å². The molecule has 4 nitrogen and oxygen atoms in total. The molecule has 9 aromatic rings. The van der Waals surface area contributed by atoms with Gasteiger partial charge in [0.05, 0.1) is 16.7 Å². The van der Waals surface area contributed by atoms with E-state index in [2.05, 4.69) is 163 Å². The normalized spacial score (nSPS) is 13.9. The number of anilines is 3. The summed E-state index contributed by atoms with van der Waals surface area (Å²) in [5, 5.41) is 4.75. The van der Waals surface area contributed by atoms with Crippen molar-refractivity contribution in [2.75, 3.05) is 4.90 Å². The molecule has 250 valence electrons. The number of benzene rings is 8. The van der Waals surface area contributed by atoms with E-state index in [1.807, 2.05) is 18.2 Å². The van der Waals surface area contributed by atoms with Crippen molar-refractivity contribution in [3.05, 3.63) is 169 Å². The van der Waals surface area contributed by atoms with Crippen molar-refractivity contribution in [2.45, 2.75) is 19.3 Å². The molecule has 0 N–H and O–H groups in total.